The number of likely N-dealkylation sites (tertiary alicyclic amines) is 1. The van der Waals surface area contributed by atoms with Gasteiger partial charge in [0, 0.05) is 19.1 Å². The Bertz CT molecular complexity index is 1350. The fraction of sp³-hybridized carbons (Fsp3) is 0.320. The molecule has 1 aliphatic rings. The van der Waals surface area contributed by atoms with Gasteiger partial charge in [0.1, 0.15) is 0 Å². The van der Waals surface area contributed by atoms with E-state index >= 15 is 0 Å². The maximum absolute atomic E-state index is 12.9. The summed E-state index contributed by atoms with van der Waals surface area (Å²) in [5.41, 5.74) is 4.73. The molecule has 0 radical (unpaired) electrons. The molecular weight excluding hydrogens is 434 g/mol. The summed E-state index contributed by atoms with van der Waals surface area (Å²) < 4.78 is 3.79. The number of para-hydroxylation sites is 3. The predicted molar refractivity (Wildman–Crippen MR) is 131 cm³/mol. The topological polar surface area (TPSA) is 75.9 Å². The third-order valence-corrected chi connectivity index (χ3v) is 7.64. The lowest BCUT2D eigenvalue weighted by Gasteiger charge is -2.32. The number of nitrogens with one attached hydrogen (secondary N) is 1. The Kier molecular flexibility index (Phi) is 5.85. The van der Waals surface area contributed by atoms with Gasteiger partial charge in [0.25, 0.3) is 0 Å². The Hall–Kier alpha value is -3.26. The summed E-state index contributed by atoms with van der Waals surface area (Å²) in [6.45, 7) is 5.36. The van der Waals surface area contributed by atoms with E-state index in [0.717, 1.165) is 45.8 Å². The van der Waals surface area contributed by atoms with Crippen LogP contribution in [0.4, 0.5) is 0 Å². The number of amides is 1. The third-order valence-electron chi connectivity index (χ3n) is 6.37. The lowest BCUT2D eigenvalue weighted by molar-refractivity contribution is -0.129. The van der Waals surface area contributed by atoms with E-state index in [-0.39, 0.29) is 17.6 Å². The van der Waals surface area contributed by atoms with Crippen molar-refractivity contribution in [3.05, 3.63) is 76.5 Å². The number of hydrogen-bond donors (Lipinski definition) is 1. The van der Waals surface area contributed by atoms with Crippen LogP contribution in [0.3, 0.4) is 0 Å². The molecule has 3 heterocycles. The van der Waals surface area contributed by atoms with Gasteiger partial charge in [-0.3, -0.25) is 9.36 Å². The van der Waals surface area contributed by atoms with Crippen molar-refractivity contribution in [2.45, 2.75) is 37.6 Å². The van der Waals surface area contributed by atoms with E-state index in [1.165, 1.54) is 0 Å². The fourth-order valence-electron chi connectivity index (χ4n) is 4.69. The maximum atomic E-state index is 12.9. The molecule has 7 nitrogen and oxygen atoms in total. The van der Waals surface area contributed by atoms with Crippen molar-refractivity contribution < 1.29 is 4.79 Å². The molecule has 5 rings (SSSR count). The van der Waals surface area contributed by atoms with Gasteiger partial charge in [0.15, 0.2) is 0 Å². The molecule has 1 fully saturated rings. The number of imidazole rings is 1. The average Bonchev–Trinajstić information content (AvgIpc) is 3.33. The van der Waals surface area contributed by atoms with Crippen LogP contribution >= 0.6 is 11.8 Å². The molecule has 1 aliphatic heterocycles. The van der Waals surface area contributed by atoms with Gasteiger partial charge in [-0.2, -0.15) is 5.10 Å². The minimum absolute atomic E-state index is 0.0714. The lowest BCUT2D eigenvalue weighted by atomic mass is 10.0. The van der Waals surface area contributed by atoms with E-state index in [1.54, 1.807) is 11.8 Å². The van der Waals surface area contributed by atoms with Crippen LogP contribution in [0.15, 0.2) is 64.3 Å². The highest BCUT2D eigenvalue weighted by Crippen LogP contribution is 2.29. The minimum Gasteiger partial charge on any atom is -0.342 e. The van der Waals surface area contributed by atoms with E-state index in [4.69, 9.17) is 0 Å². The number of benzene rings is 2. The number of thioether (sulfide) groups is 1. The normalized spacial score (nSPS) is 14.8. The highest BCUT2D eigenvalue weighted by atomic mass is 32.2. The van der Waals surface area contributed by atoms with Crippen LogP contribution in [0.5, 0.6) is 0 Å². The molecule has 0 atom stereocenters. The predicted octanol–water partition coefficient (Wildman–Crippen LogP) is 4.09. The summed E-state index contributed by atoms with van der Waals surface area (Å²) >= 11 is 1.56. The first-order chi connectivity index (χ1) is 16.0. The van der Waals surface area contributed by atoms with Crippen LogP contribution in [0.25, 0.3) is 16.7 Å². The first-order valence-electron chi connectivity index (χ1n) is 11.2. The van der Waals surface area contributed by atoms with Crippen molar-refractivity contribution in [1.82, 2.24) is 24.2 Å². The summed E-state index contributed by atoms with van der Waals surface area (Å²) in [5, 5.41) is 4.68. The zero-order chi connectivity index (χ0) is 22.9. The monoisotopic (exact) mass is 461 g/mol. The number of H-pyrrole nitrogens is 1. The summed E-state index contributed by atoms with van der Waals surface area (Å²) in [5.74, 6) is 0.524. The third kappa shape index (κ3) is 4.11. The SMILES string of the molecule is Cc1nn(-c2ccccc2)c(C)c1SCC(=O)N1CCC(n2c(=O)[nH]c3ccccc32)CC1. The number of piperidine rings is 1. The Morgan fingerprint density at radius 2 is 1.76 bits per heavy atom. The van der Waals surface area contributed by atoms with Gasteiger partial charge in [-0.25, -0.2) is 9.48 Å². The number of aromatic nitrogens is 4. The molecule has 2 aromatic carbocycles. The molecule has 0 bridgehead atoms. The molecule has 1 N–H and O–H groups in total. The molecule has 1 amide bonds. The highest BCUT2D eigenvalue weighted by molar-refractivity contribution is 8.00. The molecule has 170 valence electrons. The molecule has 33 heavy (non-hydrogen) atoms. The number of aryl methyl sites for hydroxylation is 1. The second-order valence-electron chi connectivity index (χ2n) is 8.47. The first-order valence-corrected chi connectivity index (χ1v) is 12.2. The Morgan fingerprint density at radius 3 is 2.52 bits per heavy atom. The first kappa shape index (κ1) is 21.6. The minimum atomic E-state index is -0.0714. The van der Waals surface area contributed by atoms with Crippen LogP contribution in [0, 0.1) is 13.8 Å². The van der Waals surface area contributed by atoms with Gasteiger partial charge in [-0.05, 0) is 51.0 Å². The molecule has 8 heteroatoms. The van der Waals surface area contributed by atoms with Crippen molar-refractivity contribution in [2.24, 2.45) is 0 Å². The summed E-state index contributed by atoms with van der Waals surface area (Å²) in [7, 11) is 0. The van der Waals surface area contributed by atoms with Crippen LogP contribution in [-0.4, -0.2) is 49.0 Å². The Balaban J connectivity index is 1.22. The average molecular weight is 462 g/mol. The Morgan fingerprint density at radius 1 is 1.06 bits per heavy atom. The van der Waals surface area contributed by atoms with E-state index < -0.39 is 0 Å². The van der Waals surface area contributed by atoms with Crippen LogP contribution < -0.4 is 5.69 Å². The summed E-state index contributed by atoms with van der Waals surface area (Å²) in [6, 6.07) is 17.9. The molecule has 2 aromatic heterocycles. The number of hydrogen-bond acceptors (Lipinski definition) is 4. The zero-order valence-corrected chi connectivity index (χ0v) is 19.6. The number of nitrogens with zero attached hydrogens (tertiary/aromatic N) is 4. The van der Waals surface area contributed by atoms with Gasteiger partial charge < -0.3 is 9.88 Å². The molecule has 1 saturated heterocycles. The number of aromatic amines is 1. The summed E-state index contributed by atoms with van der Waals surface area (Å²) in [6.07, 6.45) is 1.56. The number of fused-ring (bicyclic) bond motifs is 1. The smallest absolute Gasteiger partial charge is 0.326 e. The van der Waals surface area contributed by atoms with Gasteiger partial charge in [0.2, 0.25) is 5.91 Å². The number of rotatable bonds is 5. The van der Waals surface area contributed by atoms with E-state index in [0.29, 0.717) is 18.8 Å². The number of carbonyl (C=O) groups is 1. The van der Waals surface area contributed by atoms with Crippen molar-refractivity contribution in [1.29, 1.82) is 0 Å². The lowest BCUT2D eigenvalue weighted by Crippen LogP contribution is -2.41. The molecule has 0 spiro atoms. The number of carbonyl (C=O) groups excluding carboxylic acids is 1. The second-order valence-corrected chi connectivity index (χ2v) is 9.45. The quantitative estimate of drug-likeness (QED) is 0.454. The van der Waals surface area contributed by atoms with Crippen molar-refractivity contribution in [2.75, 3.05) is 18.8 Å². The van der Waals surface area contributed by atoms with Crippen LogP contribution in [0.1, 0.15) is 30.3 Å². The van der Waals surface area contributed by atoms with E-state index in [1.807, 2.05) is 82.6 Å². The summed E-state index contributed by atoms with van der Waals surface area (Å²) in [4.78, 5) is 31.4. The van der Waals surface area contributed by atoms with Crippen molar-refractivity contribution in [3.8, 4) is 5.69 Å². The van der Waals surface area contributed by atoms with Gasteiger partial charge in [0.05, 0.1) is 38.8 Å². The van der Waals surface area contributed by atoms with E-state index in [2.05, 4.69) is 10.1 Å². The Labute approximate surface area is 196 Å². The standard InChI is InChI=1S/C25H27N5O2S/c1-17-24(18(2)30(27-17)20-8-4-3-5-9-20)33-16-23(31)28-14-12-19(13-15-28)29-22-11-7-6-10-21(22)26-25(29)32/h3-11,19H,12-16H2,1-2H3,(H,26,32). The van der Waals surface area contributed by atoms with Crippen LogP contribution in [-0.2, 0) is 4.79 Å². The van der Waals surface area contributed by atoms with Crippen molar-refractivity contribution in [3.63, 3.8) is 0 Å². The van der Waals surface area contributed by atoms with Crippen molar-refractivity contribution >= 4 is 28.7 Å². The molecule has 0 saturated carbocycles. The zero-order valence-electron chi connectivity index (χ0n) is 18.8. The van der Waals surface area contributed by atoms with Crippen LogP contribution in [0.2, 0.25) is 0 Å². The van der Waals surface area contributed by atoms with E-state index in [9.17, 15) is 9.59 Å². The van der Waals surface area contributed by atoms with Gasteiger partial charge in [-0.1, -0.05) is 30.3 Å². The van der Waals surface area contributed by atoms with Gasteiger partial charge in [-0.15, -0.1) is 11.8 Å². The largest absolute Gasteiger partial charge is 0.342 e. The maximum Gasteiger partial charge on any atom is 0.326 e. The molecule has 0 unspecified atom stereocenters. The fourth-order valence-corrected chi connectivity index (χ4v) is 5.69. The second kappa shape index (κ2) is 8.94. The van der Waals surface area contributed by atoms with Gasteiger partial charge >= 0.3 is 5.69 Å². The highest BCUT2D eigenvalue weighted by Gasteiger charge is 2.26. The molecule has 0 aliphatic carbocycles. The molecular formula is C25H27N5O2S. The molecule has 4 aromatic rings.